The normalized spacial score (nSPS) is 11.0. The number of hydrogen-bond donors (Lipinski definition) is 2. The summed E-state index contributed by atoms with van der Waals surface area (Å²) in [4.78, 5) is 26.4. The smallest absolute Gasteiger partial charge is 0.227 e. The number of anilines is 4. The van der Waals surface area contributed by atoms with Gasteiger partial charge in [-0.15, -0.1) is 0 Å². The van der Waals surface area contributed by atoms with Crippen molar-refractivity contribution in [3.63, 3.8) is 0 Å². The lowest BCUT2D eigenvalue weighted by Gasteiger charge is -2.10. The molecular weight excluding hydrogens is 524 g/mol. The van der Waals surface area contributed by atoms with Crippen LogP contribution in [-0.2, 0) is 0 Å². The monoisotopic (exact) mass is 550 g/mol. The van der Waals surface area contributed by atoms with E-state index in [0.717, 1.165) is 45.0 Å². The van der Waals surface area contributed by atoms with Crippen molar-refractivity contribution in [2.45, 2.75) is 13.8 Å². The second-order valence-electron chi connectivity index (χ2n) is 9.46. The van der Waals surface area contributed by atoms with Crippen molar-refractivity contribution in [3.8, 4) is 22.5 Å². The SMILES string of the molecule is Cc1ccc(N=Nc2ccc(C)c(Nc3nccc(-c4cccnc4)n3)c2)cc1Nc1nccc(-c2cccnc2)n1. The van der Waals surface area contributed by atoms with Gasteiger partial charge in [-0.3, -0.25) is 9.97 Å². The summed E-state index contributed by atoms with van der Waals surface area (Å²) in [6.45, 7) is 4.02. The first-order valence-electron chi connectivity index (χ1n) is 13.2. The summed E-state index contributed by atoms with van der Waals surface area (Å²) in [7, 11) is 0. The molecule has 0 spiro atoms. The summed E-state index contributed by atoms with van der Waals surface area (Å²) in [6.07, 6.45) is 10.5. The number of rotatable bonds is 8. The quantitative estimate of drug-likeness (QED) is 0.183. The highest BCUT2D eigenvalue weighted by Gasteiger charge is 2.08. The molecule has 204 valence electrons. The molecule has 6 rings (SSSR count). The largest absolute Gasteiger partial charge is 0.324 e. The Kier molecular flexibility index (Phi) is 7.58. The molecule has 0 saturated heterocycles. The molecule has 4 heterocycles. The highest BCUT2D eigenvalue weighted by atomic mass is 15.1. The molecule has 0 saturated carbocycles. The summed E-state index contributed by atoms with van der Waals surface area (Å²) in [5, 5.41) is 15.6. The van der Waals surface area contributed by atoms with Gasteiger partial charge in [0.2, 0.25) is 11.9 Å². The molecule has 6 aromatic rings. The van der Waals surface area contributed by atoms with E-state index >= 15 is 0 Å². The maximum absolute atomic E-state index is 4.64. The van der Waals surface area contributed by atoms with Crippen LogP contribution in [0.25, 0.3) is 22.5 Å². The Morgan fingerprint density at radius 3 is 1.45 bits per heavy atom. The van der Waals surface area contributed by atoms with Crippen LogP contribution in [0.4, 0.5) is 34.6 Å². The highest BCUT2D eigenvalue weighted by molar-refractivity contribution is 5.67. The third-order valence-electron chi connectivity index (χ3n) is 6.44. The van der Waals surface area contributed by atoms with E-state index in [0.29, 0.717) is 23.3 Å². The highest BCUT2D eigenvalue weighted by Crippen LogP contribution is 2.29. The van der Waals surface area contributed by atoms with Gasteiger partial charge in [0.15, 0.2) is 0 Å². The van der Waals surface area contributed by atoms with Crippen LogP contribution < -0.4 is 10.6 Å². The van der Waals surface area contributed by atoms with Gasteiger partial charge in [0.1, 0.15) is 0 Å². The van der Waals surface area contributed by atoms with Gasteiger partial charge in [-0.1, -0.05) is 12.1 Å². The van der Waals surface area contributed by atoms with E-state index < -0.39 is 0 Å². The van der Waals surface area contributed by atoms with Gasteiger partial charge in [0, 0.05) is 59.7 Å². The molecule has 0 unspecified atom stereocenters. The van der Waals surface area contributed by atoms with Gasteiger partial charge in [0.05, 0.1) is 22.8 Å². The van der Waals surface area contributed by atoms with Crippen molar-refractivity contribution >= 4 is 34.6 Å². The van der Waals surface area contributed by atoms with Crippen molar-refractivity contribution in [2.24, 2.45) is 10.2 Å². The number of aryl methyl sites for hydroxylation is 2. The Bertz CT molecular complexity index is 1720. The molecule has 0 bridgehead atoms. The Morgan fingerprint density at radius 1 is 0.548 bits per heavy atom. The maximum Gasteiger partial charge on any atom is 0.227 e. The first-order valence-corrected chi connectivity index (χ1v) is 13.2. The van der Waals surface area contributed by atoms with Gasteiger partial charge in [-0.2, -0.15) is 10.2 Å². The number of azo groups is 1. The molecule has 0 amide bonds. The first-order chi connectivity index (χ1) is 20.6. The molecule has 0 aliphatic rings. The third kappa shape index (κ3) is 6.28. The lowest BCUT2D eigenvalue weighted by atomic mass is 10.2. The molecule has 2 aromatic carbocycles. The van der Waals surface area contributed by atoms with Crippen LogP contribution in [0, 0.1) is 13.8 Å². The van der Waals surface area contributed by atoms with E-state index in [9.17, 15) is 0 Å². The molecule has 2 N–H and O–H groups in total. The second-order valence-corrected chi connectivity index (χ2v) is 9.46. The number of hydrogen-bond acceptors (Lipinski definition) is 10. The molecule has 0 atom stereocenters. The van der Waals surface area contributed by atoms with Crippen LogP contribution >= 0.6 is 0 Å². The zero-order valence-electron chi connectivity index (χ0n) is 23.0. The third-order valence-corrected chi connectivity index (χ3v) is 6.44. The zero-order valence-corrected chi connectivity index (χ0v) is 23.0. The standard InChI is InChI=1S/C32H26N10/c1-21-7-9-25(17-29(21)39-31-35-15-11-27(37-31)23-5-3-13-33-19-23)41-42-26-10-8-22(2)30(18-26)40-32-36-16-12-28(38-32)24-6-4-14-34-20-24/h3-20H,1-2H3,(H,35,37,39)(H,36,38,40). The lowest BCUT2D eigenvalue weighted by Crippen LogP contribution is -1.99. The molecular formula is C32H26N10. The predicted molar refractivity (Wildman–Crippen MR) is 164 cm³/mol. The van der Waals surface area contributed by atoms with Crippen molar-refractivity contribution < 1.29 is 0 Å². The summed E-state index contributed by atoms with van der Waals surface area (Å²) < 4.78 is 0. The maximum atomic E-state index is 4.64. The van der Waals surface area contributed by atoms with E-state index in [1.165, 1.54) is 0 Å². The van der Waals surface area contributed by atoms with Crippen LogP contribution in [0.3, 0.4) is 0 Å². The molecule has 0 radical (unpaired) electrons. The van der Waals surface area contributed by atoms with E-state index in [4.69, 9.17) is 0 Å². The molecule has 10 nitrogen and oxygen atoms in total. The number of nitrogens with zero attached hydrogens (tertiary/aromatic N) is 8. The summed E-state index contributed by atoms with van der Waals surface area (Å²) in [6, 6.07) is 23.0. The van der Waals surface area contributed by atoms with Crippen molar-refractivity contribution in [2.75, 3.05) is 10.6 Å². The van der Waals surface area contributed by atoms with E-state index in [-0.39, 0.29) is 0 Å². The molecule has 0 fully saturated rings. The fourth-order valence-electron chi connectivity index (χ4n) is 4.16. The Labute approximate surface area is 242 Å². The van der Waals surface area contributed by atoms with Crippen molar-refractivity contribution in [1.29, 1.82) is 0 Å². The minimum atomic E-state index is 0.484. The fraction of sp³-hybridized carbons (Fsp3) is 0.0625. The van der Waals surface area contributed by atoms with Gasteiger partial charge >= 0.3 is 0 Å². The summed E-state index contributed by atoms with van der Waals surface area (Å²) in [5.41, 5.74) is 8.52. The predicted octanol–water partition coefficient (Wildman–Crippen LogP) is 7.91. The van der Waals surface area contributed by atoms with E-state index in [2.05, 4.69) is 50.8 Å². The lowest BCUT2D eigenvalue weighted by molar-refractivity contribution is 1.15. The van der Waals surface area contributed by atoms with Crippen LogP contribution in [0.15, 0.2) is 120 Å². The molecule has 0 aliphatic carbocycles. The van der Waals surface area contributed by atoms with Gasteiger partial charge < -0.3 is 10.6 Å². The first kappa shape index (κ1) is 26.3. The van der Waals surface area contributed by atoms with Gasteiger partial charge in [-0.25, -0.2) is 19.9 Å². The zero-order chi connectivity index (χ0) is 28.7. The Balaban J connectivity index is 1.19. The van der Waals surface area contributed by atoms with Gasteiger partial charge in [0.25, 0.3) is 0 Å². The average molecular weight is 551 g/mol. The molecule has 42 heavy (non-hydrogen) atoms. The van der Waals surface area contributed by atoms with Crippen molar-refractivity contribution in [3.05, 3.63) is 121 Å². The fourth-order valence-corrected chi connectivity index (χ4v) is 4.16. The minimum absolute atomic E-state index is 0.484. The Morgan fingerprint density at radius 2 is 1.02 bits per heavy atom. The van der Waals surface area contributed by atoms with Crippen LogP contribution in [-0.4, -0.2) is 29.9 Å². The molecule has 10 heteroatoms. The number of aromatic nitrogens is 6. The van der Waals surface area contributed by atoms with Crippen LogP contribution in [0.1, 0.15) is 11.1 Å². The number of pyridine rings is 2. The average Bonchev–Trinajstić information content (AvgIpc) is 3.04. The van der Waals surface area contributed by atoms with E-state index in [1.807, 2.05) is 86.6 Å². The minimum Gasteiger partial charge on any atom is -0.324 e. The van der Waals surface area contributed by atoms with Gasteiger partial charge in [-0.05, 0) is 85.6 Å². The number of nitrogens with one attached hydrogen (secondary N) is 2. The van der Waals surface area contributed by atoms with Crippen LogP contribution in [0.5, 0.6) is 0 Å². The second kappa shape index (κ2) is 12.1. The molecule has 0 aliphatic heterocycles. The Hall–Kier alpha value is -5.90. The van der Waals surface area contributed by atoms with Crippen LogP contribution in [0.2, 0.25) is 0 Å². The topological polar surface area (TPSA) is 126 Å². The van der Waals surface area contributed by atoms with Crippen molar-refractivity contribution in [1.82, 2.24) is 29.9 Å². The number of benzene rings is 2. The molecule has 4 aromatic heterocycles. The summed E-state index contributed by atoms with van der Waals surface area (Å²) in [5.74, 6) is 0.968. The van der Waals surface area contributed by atoms with E-state index in [1.54, 1.807) is 37.2 Å². The summed E-state index contributed by atoms with van der Waals surface area (Å²) >= 11 is 0.